The zero-order chi connectivity index (χ0) is 23.5. The minimum absolute atomic E-state index is 0.147. The number of thiophene rings is 1. The molecule has 1 aromatic carbocycles. The van der Waals surface area contributed by atoms with Crippen LogP contribution in [0.3, 0.4) is 0 Å². The van der Waals surface area contributed by atoms with E-state index >= 15 is 0 Å². The second kappa shape index (κ2) is 10.3. The molecule has 1 N–H and O–H groups in total. The topological polar surface area (TPSA) is 86.1 Å². The van der Waals surface area contributed by atoms with Crippen LogP contribution >= 0.6 is 34.7 Å². The predicted octanol–water partition coefficient (Wildman–Crippen LogP) is 5.23. The van der Waals surface area contributed by atoms with Crippen LogP contribution in [0.2, 0.25) is 5.02 Å². The van der Waals surface area contributed by atoms with Gasteiger partial charge in [-0.1, -0.05) is 30.3 Å². The van der Waals surface area contributed by atoms with Crippen LogP contribution in [-0.4, -0.2) is 39.0 Å². The highest BCUT2D eigenvalue weighted by Gasteiger charge is 2.29. The lowest BCUT2D eigenvalue weighted by molar-refractivity contribution is -0.113. The second-order valence-corrected chi connectivity index (χ2v) is 10.5. The number of hydrogen-bond donors (Lipinski definition) is 1. The number of aromatic nitrogens is 3. The molecule has 1 unspecified atom stereocenters. The Hall–Kier alpha value is -2.36. The van der Waals surface area contributed by atoms with E-state index in [0.717, 1.165) is 30.4 Å². The van der Waals surface area contributed by atoms with Crippen molar-refractivity contribution >= 4 is 51.6 Å². The van der Waals surface area contributed by atoms with Gasteiger partial charge < -0.3 is 14.6 Å². The molecule has 1 atom stereocenters. The van der Waals surface area contributed by atoms with Gasteiger partial charge in [-0.3, -0.25) is 4.79 Å². The maximum atomic E-state index is 12.8. The maximum Gasteiger partial charge on any atom is 0.341 e. The molecule has 0 bridgehead atoms. The number of anilines is 1. The van der Waals surface area contributed by atoms with Crippen LogP contribution in [0.5, 0.6) is 0 Å². The fourth-order valence-corrected chi connectivity index (χ4v) is 6.09. The Morgan fingerprint density at radius 1 is 1.30 bits per heavy atom. The van der Waals surface area contributed by atoms with Gasteiger partial charge in [-0.2, -0.15) is 0 Å². The Labute approximate surface area is 205 Å². The summed E-state index contributed by atoms with van der Waals surface area (Å²) in [4.78, 5) is 26.6. The summed E-state index contributed by atoms with van der Waals surface area (Å²) in [5.74, 6) is 0.838. The van der Waals surface area contributed by atoms with E-state index in [4.69, 9.17) is 16.3 Å². The van der Waals surface area contributed by atoms with E-state index in [-0.39, 0.29) is 17.6 Å². The van der Waals surface area contributed by atoms with Crippen molar-refractivity contribution in [3.05, 3.63) is 45.3 Å². The van der Waals surface area contributed by atoms with Gasteiger partial charge in [0.25, 0.3) is 0 Å². The summed E-state index contributed by atoms with van der Waals surface area (Å²) in [6, 6.07) is 7.36. The van der Waals surface area contributed by atoms with Gasteiger partial charge in [0.15, 0.2) is 11.0 Å². The van der Waals surface area contributed by atoms with Crippen LogP contribution < -0.4 is 5.32 Å². The SMILES string of the molecule is CCOC(=O)c1c(NC(=O)CSc2nnc(-c3ccc(Cl)cc3)n2C)sc2c1CCC(C)C2. The number of fused-ring (bicyclic) bond motifs is 1. The molecular weight excluding hydrogens is 480 g/mol. The first-order valence-electron chi connectivity index (χ1n) is 10.8. The molecule has 1 aliphatic carbocycles. The molecule has 2 heterocycles. The van der Waals surface area contributed by atoms with Gasteiger partial charge in [-0.05, 0) is 61.9 Å². The number of halogens is 1. The Balaban J connectivity index is 1.46. The Kier molecular flexibility index (Phi) is 7.41. The van der Waals surface area contributed by atoms with E-state index in [9.17, 15) is 9.59 Å². The van der Waals surface area contributed by atoms with E-state index in [2.05, 4.69) is 22.4 Å². The highest BCUT2D eigenvalue weighted by atomic mass is 35.5. The van der Waals surface area contributed by atoms with Gasteiger partial charge in [-0.15, -0.1) is 21.5 Å². The fraction of sp³-hybridized carbons (Fsp3) is 0.391. The van der Waals surface area contributed by atoms with Crippen LogP contribution in [0.4, 0.5) is 5.00 Å². The maximum absolute atomic E-state index is 12.8. The Bertz CT molecular complexity index is 1170. The van der Waals surface area contributed by atoms with Crippen LogP contribution in [0, 0.1) is 5.92 Å². The number of benzene rings is 1. The smallest absolute Gasteiger partial charge is 0.341 e. The molecule has 3 aromatic rings. The lowest BCUT2D eigenvalue weighted by Crippen LogP contribution is -2.18. The normalized spacial score (nSPS) is 15.2. The van der Waals surface area contributed by atoms with Gasteiger partial charge >= 0.3 is 5.97 Å². The molecule has 4 rings (SSSR count). The zero-order valence-electron chi connectivity index (χ0n) is 18.7. The fourth-order valence-electron chi connectivity index (χ4n) is 3.84. The zero-order valence-corrected chi connectivity index (χ0v) is 21.1. The van der Waals surface area contributed by atoms with Crippen molar-refractivity contribution < 1.29 is 14.3 Å². The van der Waals surface area contributed by atoms with E-state index < -0.39 is 0 Å². The number of hydrogen-bond acceptors (Lipinski definition) is 7. The molecule has 1 amide bonds. The molecule has 0 spiro atoms. The lowest BCUT2D eigenvalue weighted by Gasteiger charge is -2.18. The van der Waals surface area contributed by atoms with Crippen LogP contribution in [0.25, 0.3) is 11.4 Å². The van der Waals surface area contributed by atoms with Crippen molar-refractivity contribution in [2.45, 2.75) is 38.3 Å². The first-order chi connectivity index (χ1) is 15.9. The number of carbonyl (C=O) groups excluding carboxylic acids is 2. The van der Waals surface area contributed by atoms with Gasteiger partial charge in [-0.25, -0.2) is 4.79 Å². The number of amides is 1. The van der Waals surface area contributed by atoms with Crippen molar-refractivity contribution in [2.75, 3.05) is 17.7 Å². The summed E-state index contributed by atoms with van der Waals surface area (Å²) in [6.45, 7) is 4.29. The average Bonchev–Trinajstić information content (AvgIpc) is 3.32. The summed E-state index contributed by atoms with van der Waals surface area (Å²) in [5, 5.41) is 13.3. The number of nitrogens with one attached hydrogen (secondary N) is 1. The highest BCUT2D eigenvalue weighted by Crippen LogP contribution is 2.40. The third-order valence-electron chi connectivity index (χ3n) is 5.51. The third kappa shape index (κ3) is 5.26. The number of esters is 1. The first kappa shape index (κ1) is 23.8. The largest absolute Gasteiger partial charge is 0.462 e. The van der Waals surface area contributed by atoms with Crippen molar-refractivity contribution in [3.63, 3.8) is 0 Å². The number of nitrogens with zero attached hydrogens (tertiary/aromatic N) is 3. The second-order valence-electron chi connectivity index (χ2n) is 7.99. The summed E-state index contributed by atoms with van der Waals surface area (Å²) >= 11 is 8.75. The monoisotopic (exact) mass is 504 g/mol. The van der Waals surface area contributed by atoms with Crippen molar-refractivity contribution in [1.29, 1.82) is 0 Å². The molecule has 0 saturated carbocycles. The lowest BCUT2D eigenvalue weighted by atomic mass is 9.88. The van der Waals surface area contributed by atoms with Crippen LogP contribution in [0.1, 0.15) is 41.1 Å². The quantitative estimate of drug-likeness (QED) is 0.350. The minimum Gasteiger partial charge on any atom is -0.462 e. The first-order valence-corrected chi connectivity index (χ1v) is 12.9. The molecule has 2 aromatic heterocycles. The van der Waals surface area contributed by atoms with E-state index in [1.54, 1.807) is 19.1 Å². The Morgan fingerprint density at radius 2 is 2.06 bits per heavy atom. The molecule has 10 heteroatoms. The van der Waals surface area contributed by atoms with Gasteiger partial charge in [0.2, 0.25) is 5.91 Å². The van der Waals surface area contributed by atoms with E-state index in [0.29, 0.717) is 39.1 Å². The Morgan fingerprint density at radius 3 is 2.79 bits per heavy atom. The molecule has 174 valence electrons. The average molecular weight is 505 g/mol. The van der Waals surface area contributed by atoms with Crippen molar-refractivity contribution in [2.24, 2.45) is 13.0 Å². The number of ether oxygens (including phenoxy) is 1. The molecule has 0 radical (unpaired) electrons. The van der Waals surface area contributed by atoms with Gasteiger partial charge in [0, 0.05) is 22.5 Å². The number of thioether (sulfide) groups is 1. The summed E-state index contributed by atoms with van der Waals surface area (Å²) < 4.78 is 7.12. The third-order valence-corrected chi connectivity index (χ3v) is 7.96. The van der Waals surface area contributed by atoms with Crippen molar-refractivity contribution in [1.82, 2.24) is 14.8 Å². The number of carbonyl (C=O) groups is 2. The summed E-state index contributed by atoms with van der Waals surface area (Å²) in [7, 11) is 1.86. The molecule has 33 heavy (non-hydrogen) atoms. The molecular formula is C23H25ClN4O3S2. The van der Waals surface area contributed by atoms with E-state index in [1.807, 2.05) is 23.7 Å². The predicted molar refractivity (Wildman–Crippen MR) is 132 cm³/mol. The highest BCUT2D eigenvalue weighted by molar-refractivity contribution is 7.99. The molecule has 0 fully saturated rings. The molecule has 1 aliphatic rings. The van der Waals surface area contributed by atoms with Crippen LogP contribution in [0.15, 0.2) is 29.4 Å². The molecule has 0 saturated heterocycles. The van der Waals surface area contributed by atoms with Gasteiger partial charge in [0.1, 0.15) is 5.00 Å². The summed E-state index contributed by atoms with van der Waals surface area (Å²) in [5.41, 5.74) is 2.44. The molecule has 0 aliphatic heterocycles. The van der Waals surface area contributed by atoms with Crippen molar-refractivity contribution in [3.8, 4) is 11.4 Å². The minimum atomic E-state index is -0.367. The standard InChI is InChI=1S/C23H25ClN4O3S2/c1-4-31-22(30)19-16-10-5-13(2)11-17(16)33-21(19)25-18(29)12-32-23-27-26-20(28(23)3)14-6-8-15(24)9-7-14/h6-9,13H,4-5,10-12H2,1-3H3,(H,25,29). The van der Waals surface area contributed by atoms with Gasteiger partial charge in [0.05, 0.1) is 17.9 Å². The van der Waals surface area contributed by atoms with E-state index in [1.165, 1.54) is 28.0 Å². The number of rotatable bonds is 7. The van der Waals surface area contributed by atoms with Crippen LogP contribution in [-0.2, 0) is 29.4 Å². The summed E-state index contributed by atoms with van der Waals surface area (Å²) in [6.07, 6.45) is 2.78. The molecule has 7 nitrogen and oxygen atoms in total.